The molecule has 3 aliphatic heterocycles. The summed E-state index contributed by atoms with van der Waals surface area (Å²) in [5.41, 5.74) is 4.99. The van der Waals surface area contributed by atoms with E-state index in [0.717, 1.165) is 92.7 Å². The van der Waals surface area contributed by atoms with Crippen molar-refractivity contribution in [3.8, 4) is 0 Å². The first-order valence-corrected chi connectivity index (χ1v) is 26.9. The minimum atomic E-state index is -5.62. The number of rotatable bonds is 17. The van der Waals surface area contributed by atoms with Gasteiger partial charge in [-0.3, -0.25) is 14.6 Å². The maximum Gasteiger partial charge on any atom is 0.427 e. The van der Waals surface area contributed by atoms with Crippen molar-refractivity contribution in [3.63, 3.8) is 0 Å². The molecule has 2 N–H and O–H groups in total. The normalized spacial score (nSPS) is 21.0. The molecule has 66 heavy (non-hydrogen) atoms. The lowest BCUT2D eigenvalue weighted by molar-refractivity contribution is 0.0299. The molecule has 11 nitrogen and oxygen atoms in total. The summed E-state index contributed by atoms with van der Waals surface area (Å²) in [5, 5.41) is 3.85. The first-order chi connectivity index (χ1) is 31.3. The van der Waals surface area contributed by atoms with Crippen LogP contribution in [0.5, 0.6) is 0 Å². The van der Waals surface area contributed by atoms with Crippen molar-refractivity contribution in [1.29, 1.82) is 0 Å². The van der Waals surface area contributed by atoms with Gasteiger partial charge in [-0.1, -0.05) is 61.4 Å². The van der Waals surface area contributed by atoms with Crippen LogP contribution in [0.15, 0.2) is 117 Å². The van der Waals surface area contributed by atoms with Gasteiger partial charge >= 0.3 is 4.71 Å². The van der Waals surface area contributed by atoms with Crippen LogP contribution in [-0.2, 0) is 24.6 Å². The number of anilines is 2. The number of nitrogens with zero attached hydrogens (tertiary/aromatic N) is 3. The number of piperazine rings is 1. The second kappa shape index (κ2) is 20.1. The standard InChI is InChI=1S/C48H55Cl2F2N5O6S3/c1-47(2)20-18-43(33-8-12-36(49)13-9-33)35(28-47)29-55-22-24-56(25-23-55)38-14-10-34(11-15-38)46(58)54-66(61,62)42-16-17-44(45(27-42)65(59,60)48(50,51)52)53-37(32-64-41-6-4-3-5-7-41)19-21-57-30-40-26-39(57)31-63-40/h3-17,27,37,39-40,53H,18-26,28-32H2,1-2H3,(H,54,58)/t37-,39?,40?/m1/s1. The molecular weight excluding hydrogens is 948 g/mol. The summed E-state index contributed by atoms with van der Waals surface area (Å²) < 4.78 is 86.3. The zero-order valence-corrected chi connectivity index (χ0v) is 40.9. The summed E-state index contributed by atoms with van der Waals surface area (Å²) in [5.74, 6) is -0.534. The third-order valence-electron chi connectivity index (χ3n) is 13.1. The average molecular weight is 1000 g/mol. The van der Waals surface area contributed by atoms with E-state index in [-0.39, 0.29) is 28.8 Å². The minimum absolute atomic E-state index is 0.0394. The molecule has 0 spiro atoms. The Morgan fingerprint density at radius 1 is 0.955 bits per heavy atom. The molecule has 4 aromatic rings. The highest BCUT2D eigenvalue weighted by molar-refractivity contribution is 7.99. The summed E-state index contributed by atoms with van der Waals surface area (Å²) >= 11 is 12.9. The molecule has 18 heteroatoms. The van der Waals surface area contributed by atoms with Crippen LogP contribution < -0.4 is 14.9 Å². The molecule has 1 aliphatic carbocycles. The van der Waals surface area contributed by atoms with Gasteiger partial charge < -0.3 is 15.0 Å². The van der Waals surface area contributed by atoms with Crippen LogP contribution in [0.1, 0.15) is 61.9 Å². The van der Waals surface area contributed by atoms with Gasteiger partial charge in [-0.25, -0.2) is 21.6 Å². The van der Waals surface area contributed by atoms with Gasteiger partial charge in [0, 0.05) is 84.8 Å². The Morgan fingerprint density at radius 3 is 2.32 bits per heavy atom. The summed E-state index contributed by atoms with van der Waals surface area (Å²) in [7, 11) is -10.4. The second-order valence-electron chi connectivity index (χ2n) is 18.4. The number of carbonyl (C=O) groups excluding carboxylic acids is 1. The van der Waals surface area contributed by atoms with Gasteiger partial charge in [0.15, 0.2) is 0 Å². The molecule has 0 radical (unpaired) electrons. The number of ether oxygens (including phenoxy) is 1. The fourth-order valence-corrected chi connectivity index (χ4v) is 12.8. The highest BCUT2D eigenvalue weighted by atomic mass is 35.5. The molecule has 1 amide bonds. The van der Waals surface area contributed by atoms with E-state index < -0.39 is 46.3 Å². The fraction of sp³-hybridized carbons (Fsp3) is 0.438. The third kappa shape index (κ3) is 11.6. The Balaban J connectivity index is 0.931. The molecule has 3 fully saturated rings. The number of allylic oxidation sites excluding steroid dienone is 1. The first-order valence-electron chi connectivity index (χ1n) is 22.2. The van der Waals surface area contributed by atoms with Gasteiger partial charge in [0.05, 0.1) is 28.2 Å². The van der Waals surface area contributed by atoms with Crippen molar-refractivity contribution >= 4 is 77.7 Å². The van der Waals surface area contributed by atoms with Crippen LogP contribution in [0.25, 0.3) is 5.57 Å². The molecule has 3 saturated heterocycles. The van der Waals surface area contributed by atoms with E-state index in [0.29, 0.717) is 31.4 Å². The number of thioether (sulfide) groups is 1. The lowest BCUT2D eigenvalue weighted by atomic mass is 9.73. The fourth-order valence-electron chi connectivity index (χ4n) is 9.40. The second-order valence-corrected chi connectivity index (χ2v) is 24.2. The predicted octanol–water partition coefficient (Wildman–Crippen LogP) is 9.24. The molecule has 4 aliphatic rings. The van der Waals surface area contributed by atoms with E-state index in [1.807, 2.05) is 47.2 Å². The summed E-state index contributed by atoms with van der Waals surface area (Å²) in [4.78, 5) is 19.7. The Hall–Kier alpha value is -3.74. The SMILES string of the molecule is CC1(C)CCC(c2ccc(Cl)cc2)=C(CN2CCN(c3ccc(C(=O)NS(=O)(=O)c4ccc(N[C@H](CCN5CC6CC5CO6)CSc5ccccc5)c(S(=O)(=O)C(F)(F)Cl)c4)cc3)CC2)C1. The van der Waals surface area contributed by atoms with E-state index >= 15 is 0 Å². The molecule has 3 heterocycles. The maximum atomic E-state index is 14.7. The number of amides is 1. The van der Waals surface area contributed by atoms with E-state index in [4.69, 9.17) is 27.9 Å². The number of hydrogen-bond acceptors (Lipinski definition) is 11. The quantitative estimate of drug-likeness (QED) is 0.0777. The number of sulfonamides is 1. The van der Waals surface area contributed by atoms with Crippen LogP contribution >= 0.6 is 35.0 Å². The van der Waals surface area contributed by atoms with Gasteiger partial charge in [-0.2, -0.15) is 8.78 Å². The van der Waals surface area contributed by atoms with E-state index in [9.17, 15) is 30.4 Å². The Bertz CT molecular complexity index is 2630. The Kier molecular flexibility index (Phi) is 14.8. The lowest BCUT2D eigenvalue weighted by Crippen LogP contribution is -2.47. The molecule has 3 atom stereocenters. The molecule has 8 rings (SSSR count). The van der Waals surface area contributed by atoms with Gasteiger partial charge in [0.2, 0.25) is 0 Å². The first kappa shape index (κ1) is 48.7. The van der Waals surface area contributed by atoms with Crippen molar-refractivity contribution in [2.75, 3.05) is 68.4 Å². The largest absolute Gasteiger partial charge is 0.427 e. The smallest absolute Gasteiger partial charge is 0.380 e. The van der Waals surface area contributed by atoms with Gasteiger partial charge in [-0.05, 0) is 127 Å². The monoisotopic (exact) mass is 1000 g/mol. The molecule has 2 bridgehead atoms. The van der Waals surface area contributed by atoms with Crippen molar-refractivity contribution < 1.29 is 35.1 Å². The van der Waals surface area contributed by atoms with E-state index in [1.165, 1.54) is 40.6 Å². The van der Waals surface area contributed by atoms with Crippen molar-refractivity contribution in [2.24, 2.45) is 5.41 Å². The van der Waals surface area contributed by atoms with Crippen molar-refractivity contribution in [1.82, 2.24) is 14.5 Å². The number of likely N-dealkylation sites (tertiary alicyclic amines) is 1. The summed E-state index contributed by atoms with van der Waals surface area (Å²) in [6.07, 6.45) is 4.81. The number of halogens is 4. The molecule has 354 valence electrons. The lowest BCUT2D eigenvalue weighted by Gasteiger charge is -2.39. The summed E-state index contributed by atoms with van der Waals surface area (Å²) in [6.45, 7) is 10.8. The number of hydrogen-bond donors (Lipinski definition) is 2. The van der Waals surface area contributed by atoms with Crippen LogP contribution in [-0.4, -0.2) is 114 Å². The van der Waals surface area contributed by atoms with Crippen molar-refractivity contribution in [2.45, 2.75) is 83.5 Å². The van der Waals surface area contributed by atoms with Gasteiger partial charge in [0.1, 0.15) is 0 Å². The molecular formula is C48H55Cl2F2N5O6S3. The number of sulfone groups is 1. The van der Waals surface area contributed by atoms with E-state index in [1.54, 1.807) is 12.1 Å². The zero-order chi connectivity index (χ0) is 46.9. The number of nitrogens with one attached hydrogen (secondary N) is 2. The molecule has 0 aromatic heterocycles. The van der Waals surface area contributed by atoms with Crippen LogP contribution in [0.2, 0.25) is 5.02 Å². The number of carbonyl (C=O) groups is 1. The average Bonchev–Trinajstić information content (AvgIpc) is 3.92. The number of benzene rings is 4. The van der Waals surface area contributed by atoms with E-state index in [2.05, 4.69) is 46.0 Å². The topological polar surface area (TPSA) is 128 Å². The number of fused-ring (bicyclic) bond motifs is 2. The number of morpholine rings is 1. The van der Waals surface area contributed by atoms with Crippen LogP contribution in [0.4, 0.5) is 20.2 Å². The van der Waals surface area contributed by atoms with Gasteiger partial charge in [0.25, 0.3) is 25.8 Å². The van der Waals surface area contributed by atoms with Crippen molar-refractivity contribution in [3.05, 3.63) is 119 Å². The third-order valence-corrected chi connectivity index (χ3v) is 18.0. The van der Waals surface area contributed by atoms with Crippen LogP contribution in [0, 0.1) is 5.41 Å². The minimum Gasteiger partial charge on any atom is -0.380 e. The number of alkyl halides is 3. The Morgan fingerprint density at radius 2 is 1.67 bits per heavy atom. The van der Waals surface area contributed by atoms with Crippen LogP contribution in [0.3, 0.4) is 0 Å². The zero-order valence-electron chi connectivity index (χ0n) is 36.9. The predicted molar refractivity (Wildman–Crippen MR) is 259 cm³/mol. The Labute approximate surface area is 401 Å². The highest BCUT2D eigenvalue weighted by Gasteiger charge is 2.46. The molecule has 0 saturated carbocycles. The van der Waals surface area contributed by atoms with Gasteiger partial charge in [-0.15, -0.1) is 11.8 Å². The summed E-state index contributed by atoms with van der Waals surface area (Å²) in [6, 6.07) is 26.9. The molecule has 2 unspecified atom stereocenters. The maximum absolute atomic E-state index is 14.7. The molecule has 4 aromatic carbocycles. The highest BCUT2D eigenvalue weighted by Crippen LogP contribution is 2.43.